The predicted octanol–water partition coefficient (Wildman–Crippen LogP) is 0.647. The van der Waals surface area contributed by atoms with Gasteiger partial charge in [0.15, 0.2) is 5.96 Å². The number of nitrogens with two attached hydrogens (primary N) is 3. The number of imidazole rings is 1. The van der Waals surface area contributed by atoms with E-state index < -0.39 is 18.0 Å². The van der Waals surface area contributed by atoms with Gasteiger partial charge in [0.1, 0.15) is 28.1 Å². The lowest BCUT2D eigenvalue weighted by molar-refractivity contribution is -0.122. The van der Waals surface area contributed by atoms with Gasteiger partial charge >= 0.3 is 0 Å². The molecule has 1 aliphatic heterocycles. The van der Waals surface area contributed by atoms with E-state index in [4.69, 9.17) is 28.8 Å². The molecule has 15 heteroatoms. The van der Waals surface area contributed by atoms with Gasteiger partial charge in [-0.2, -0.15) is 0 Å². The lowest BCUT2D eigenvalue weighted by Crippen LogP contribution is -2.45. The van der Waals surface area contributed by atoms with Crippen molar-refractivity contribution in [1.29, 1.82) is 0 Å². The molecule has 4 heterocycles. The van der Waals surface area contributed by atoms with Gasteiger partial charge in [0, 0.05) is 44.0 Å². The van der Waals surface area contributed by atoms with Crippen LogP contribution in [0.25, 0.3) is 5.65 Å². The van der Waals surface area contributed by atoms with Gasteiger partial charge in [-0.25, -0.2) is 9.97 Å². The van der Waals surface area contributed by atoms with Crippen molar-refractivity contribution in [3.05, 3.63) is 51.3 Å². The minimum absolute atomic E-state index is 0.0113. The van der Waals surface area contributed by atoms with Crippen LogP contribution in [0.5, 0.6) is 0 Å². The smallest absolute Gasteiger partial charge is 0.274 e. The Morgan fingerprint density at radius 3 is 2.74 bits per heavy atom. The van der Waals surface area contributed by atoms with Crippen LogP contribution >= 0.6 is 22.9 Å². The van der Waals surface area contributed by atoms with Gasteiger partial charge in [0.2, 0.25) is 5.91 Å². The van der Waals surface area contributed by atoms with Gasteiger partial charge in [-0.15, -0.1) is 11.3 Å². The zero-order valence-electron chi connectivity index (χ0n) is 21.3. The molecule has 0 unspecified atom stereocenters. The van der Waals surface area contributed by atoms with Gasteiger partial charge in [-0.1, -0.05) is 11.6 Å². The predicted molar refractivity (Wildman–Crippen MR) is 149 cm³/mol. The number of carbonyl (C=O) groups excluding carboxylic acids is 3. The monoisotopic (exact) mass is 574 g/mol. The summed E-state index contributed by atoms with van der Waals surface area (Å²) in [6, 6.07) is 2.04. The summed E-state index contributed by atoms with van der Waals surface area (Å²) in [6.45, 7) is 0.769. The van der Waals surface area contributed by atoms with Gasteiger partial charge in [-0.05, 0) is 37.8 Å². The summed E-state index contributed by atoms with van der Waals surface area (Å²) in [5, 5.41) is 8.05. The molecule has 3 atom stereocenters. The number of carbonyl (C=O) groups is 3. The summed E-state index contributed by atoms with van der Waals surface area (Å²) in [7, 11) is 1.51. The molecule has 3 amide bonds. The molecule has 0 radical (unpaired) electrons. The minimum atomic E-state index is -0.742. The van der Waals surface area contributed by atoms with Crippen molar-refractivity contribution in [2.75, 3.05) is 20.1 Å². The second kappa shape index (κ2) is 12.4. The maximum absolute atomic E-state index is 13.4. The highest BCUT2D eigenvalue weighted by atomic mass is 35.5. The Labute approximate surface area is 233 Å². The number of hydrogen-bond acceptors (Lipinski definition) is 8. The molecule has 3 aromatic heterocycles. The van der Waals surface area contributed by atoms with Crippen LogP contribution in [0, 0.1) is 0 Å². The third-order valence-corrected chi connectivity index (χ3v) is 7.50. The van der Waals surface area contributed by atoms with E-state index in [-0.39, 0.29) is 35.2 Å². The number of guanidine groups is 1. The van der Waals surface area contributed by atoms with Crippen LogP contribution in [0.2, 0.25) is 5.02 Å². The van der Waals surface area contributed by atoms with Gasteiger partial charge in [-0.3, -0.25) is 19.4 Å². The van der Waals surface area contributed by atoms with Gasteiger partial charge in [0.25, 0.3) is 11.8 Å². The average molecular weight is 575 g/mol. The first kappa shape index (κ1) is 28.3. The van der Waals surface area contributed by atoms with Gasteiger partial charge in [0.05, 0.1) is 11.1 Å². The summed E-state index contributed by atoms with van der Waals surface area (Å²) in [6.07, 6.45) is 5.50. The number of halogens is 1. The second-order valence-corrected chi connectivity index (χ2v) is 10.5. The second-order valence-electron chi connectivity index (χ2n) is 9.22. The molecule has 1 aliphatic rings. The number of likely N-dealkylation sites (N-methyl/N-ethyl adjacent to an activating group) is 1. The van der Waals surface area contributed by atoms with E-state index in [9.17, 15) is 14.4 Å². The number of thiazole rings is 1. The topological polar surface area (TPSA) is 199 Å². The van der Waals surface area contributed by atoms with E-state index in [1.807, 2.05) is 0 Å². The molecular weight excluding hydrogens is 544 g/mol. The number of nitrogens with one attached hydrogen (secondary N) is 2. The standard InChI is InChI=1S/C24H31ClN10O3S/c1-29-20(36)15(4-2-3-7-30-24(27)28)32-21(37)17-12-39-22(33-17)18-8-14(26)10-35(18)23(38)16-11-34-9-13(25)5-6-19(34)31-16/h5-6,9,11-12,14-15,18H,2-4,7-8,10,26H2,1H3,(H,29,36)(H,32,37)(H4,27,28,30)/t14-,15-,18-/m1/s1. The fourth-order valence-electron chi connectivity index (χ4n) is 4.43. The van der Waals surface area contributed by atoms with Crippen LogP contribution in [0.15, 0.2) is 34.9 Å². The van der Waals surface area contributed by atoms with E-state index in [1.54, 1.807) is 39.2 Å². The molecule has 0 aromatic carbocycles. The Morgan fingerprint density at radius 1 is 1.21 bits per heavy atom. The van der Waals surface area contributed by atoms with Crippen LogP contribution in [0.1, 0.15) is 57.7 Å². The zero-order valence-corrected chi connectivity index (χ0v) is 22.9. The summed E-state index contributed by atoms with van der Waals surface area (Å²) in [5.41, 5.74) is 17.9. The van der Waals surface area contributed by atoms with Crippen LogP contribution in [-0.4, -0.2) is 75.2 Å². The number of rotatable bonds is 10. The number of pyridine rings is 1. The maximum atomic E-state index is 13.4. The molecule has 39 heavy (non-hydrogen) atoms. The highest BCUT2D eigenvalue weighted by molar-refractivity contribution is 7.09. The van der Waals surface area contributed by atoms with Crippen molar-refractivity contribution >= 4 is 52.3 Å². The average Bonchev–Trinajstić information content (AvgIpc) is 3.64. The molecule has 0 saturated carbocycles. The van der Waals surface area contributed by atoms with Crippen LogP contribution < -0.4 is 27.8 Å². The third-order valence-electron chi connectivity index (χ3n) is 6.33. The highest BCUT2D eigenvalue weighted by Crippen LogP contribution is 2.34. The number of aliphatic imine (C=N–C) groups is 1. The first-order chi connectivity index (χ1) is 18.7. The molecule has 1 fully saturated rings. The van der Waals surface area contributed by atoms with Crippen molar-refractivity contribution < 1.29 is 14.4 Å². The lowest BCUT2D eigenvalue weighted by atomic mass is 10.1. The van der Waals surface area contributed by atoms with E-state index >= 15 is 0 Å². The van der Waals surface area contributed by atoms with E-state index in [0.717, 1.165) is 0 Å². The highest BCUT2D eigenvalue weighted by Gasteiger charge is 2.38. The van der Waals surface area contributed by atoms with Crippen LogP contribution in [0.3, 0.4) is 0 Å². The number of aromatic nitrogens is 3. The largest absolute Gasteiger partial charge is 0.370 e. The van der Waals surface area contributed by atoms with Gasteiger partial charge < -0.3 is 37.1 Å². The molecular formula is C24H31ClN10O3S. The first-order valence-corrected chi connectivity index (χ1v) is 13.7. The summed E-state index contributed by atoms with van der Waals surface area (Å²) >= 11 is 7.32. The van der Waals surface area contributed by atoms with Crippen molar-refractivity contribution in [2.45, 2.75) is 43.8 Å². The maximum Gasteiger partial charge on any atom is 0.274 e. The van der Waals surface area contributed by atoms with E-state index in [0.29, 0.717) is 54.5 Å². The molecule has 8 N–H and O–H groups in total. The molecule has 4 rings (SSSR count). The fourth-order valence-corrected chi connectivity index (χ4v) is 5.52. The fraction of sp³-hybridized carbons (Fsp3) is 0.417. The number of fused-ring (bicyclic) bond motifs is 1. The van der Waals surface area contributed by atoms with Crippen molar-refractivity contribution in [3.63, 3.8) is 0 Å². The number of likely N-dealkylation sites (tertiary alicyclic amines) is 1. The summed E-state index contributed by atoms with van der Waals surface area (Å²) in [5.74, 6) is -1.06. The molecule has 0 aliphatic carbocycles. The Bertz CT molecular complexity index is 1390. The van der Waals surface area contributed by atoms with E-state index in [1.165, 1.54) is 18.4 Å². The SMILES string of the molecule is CNC(=O)[C@@H](CCCCN=C(N)N)NC(=O)c1csc([C@H]2C[C@@H](N)CN2C(=O)c2cn3cc(Cl)ccc3n2)n1. The minimum Gasteiger partial charge on any atom is -0.370 e. The quantitative estimate of drug-likeness (QED) is 0.132. The molecule has 13 nitrogen and oxygen atoms in total. The first-order valence-electron chi connectivity index (χ1n) is 12.4. The Hall–Kier alpha value is -3.75. The Balaban J connectivity index is 1.44. The Morgan fingerprint density at radius 2 is 2.00 bits per heavy atom. The lowest BCUT2D eigenvalue weighted by Gasteiger charge is -2.22. The van der Waals surface area contributed by atoms with Crippen molar-refractivity contribution in [3.8, 4) is 0 Å². The molecule has 3 aromatic rings. The van der Waals surface area contributed by atoms with Crippen molar-refractivity contribution in [2.24, 2.45) is 22.2 Å². The summed E-state index contributed by atoms with van der Waals surface area (Å²) < 4.78 is 1.69. The number of unbranched alkanes of at least 4 members (excludes halogenated alkanes) is 1. The number of hydrogen-bond donors (Lipinski definition) is 5. The number of amides is 3. The van der Waals surface area contributed by atoms with E-state index in [2.05, 4.69) is 25.6 Å². The zero-order chi connectivity index (χ0) is 28.1. The van der Waals surface area contributed by atoms with Crippen LogP contribution in [-0.2, 0) is 4.79 Å². The Kier molecular flexibility index (Phi) is 8.99. The third kappa shape index (κ3) is 6.82. The molecule has 1 saturated heterocycles. The molecule has 208 valence electrons. The van der Waals surface area contributed by atoms with Crippen LogP contribution in [0.4, 0.5) is 0 Å². The molecule has 0 bridgehead atoms. The summed E-state index contributed by atoms with van der Waals surface area (Å²) in [4.78, 5) is 53.2. The number of nitrogens with zero attached hydrogens (tertiary/aromatic N) is 5. The normalized spacial score (nSPS) is 17.7. The van der Waals surface area contributed by atoms with Crippen molar-refractivity contribution in [1.82, 2.24) is 29.9 Å². The molecule has 0 spiro atoms.